The van der Waals surface area contributed by atoms with Crippen molar-refractivity contribution >= 4 is 0 Å². The number of pyridine rings is 1. The van der Waals surface area contributed by atoms with E-state index >= 15 is 0 Å². The summed E-state index contributed by atoms with van der Waals surface area (Å²) in [6.45, 7) is 8.05. The fraction of sp³-hybridized carbons (Fsp3) is 0.615. The fourth-order valence-electron chi connectivity index (χ4n) is 1.55. The second-order valence-corrected chi connectivity index (χ2v) is 4.69. The molecule has 3 nitrogen and oxygen atoms in total. The predicted molar refractivity (Wildman–Crippen MR) is 67.1 cm³/mol. The molecule has 90 valence electrons. The van der Waals surface area contributed by atoms with Gasteiger partial charge < -0.3 is 9.64 Å². The standard InChI is InChI=1S/C13H22N2O/c1-10(2)12-8-13(14-9-11(12)3)16-7-6-15(4)5/h8-10H,6-7H2,1-5H3. The largest absolute Gasteiger partial charge is 0.476 e. The highest BCUT2D eigenvalue weighted by Gasteiger charge is 2.06. The average Bonchev–Trinajstić information content (AvgIpc) is 2.19. The second-order valence-electron chi connectivity index (χ2n) is 4.69. The first-order chi connectivity index (χ1) is 7.50. The van der Waals surface area contributed by atoms with Crippen molar-refractivity contribution in [3.05, 3.63) is 23.4 Å². The van der Waals surface area contributed by atoms with Gasteiger partial charge in [-0.2, -0.15) is 0 Å². The van der Waals surface area contributed by atoms with E-state index in [1.807, 2.05) is 20.3 Å². The maximum Gasteiger partial charge on any atom is 0.213 e. The molecule has 1 aromatic heterocycles. The molecule has 0 aromatic carbocycles. The highest BCUT2D eigenvalue weighted by molar-refractivity contribution is 5.30. The summed E-state index contributed by atoms with van der Waals surface area (Å²) in [5.74, 6) is 1.25. The van der Waals surface area contributed by atoms with Crippen molar-refractivity contribution < 1.29 is 4.74 Å². The number of nitrogens with zero attached hydrogens (tertiary/aromatic N) is 2. The summed E-state index contributed by atoms with van der Waals surface area (Å²) in [7, 11) is 4.07. The molecule has 1 rings (SSSR count). The predicted octanol–water partition coefficient (Wildman–Crippen LogP) is 2.45. The van der Waals surface area contributed by atoms with Gasteiger partial charge in [0.25, 0.3) is 0 Å². The molecule has 0 atom stereocenters. The van der Waals surface area contributed by atoms with Gasteiger partial charge in [-0.15, -0.1) is 0 Å². The minimum absolute atomic E-state index is 0.513. The van der Waals surface area contributed by atoms with Crippen molar-refractivity contribution in [2.75, 3.05) is 27.2 Å². The van der Waals surface area contributed by atoms with E-state index in [1.54, 1.807) is 0 Å². The van der Waals surface area contributed by atoms with Crippen LogP contribution in [-0.2, 0) is 0 Å². The van der Waals surface area contributed by atoms with Crippen molar-refractivity contribution in [3.8, 4) is 5.88 Å². The van der Waals surface area contributed by atoms with Crippen LogP contribution in [0.2, 0.25) is 0 Å². The maximum atomic E-state index is 5.61. The summed E-state index contributed by atoms with van der Waals surface area (Å²) in [5.41, 5.74) is 2.55. The Balaban J connectivity index is 2.64. The van der Waals surface area contributed by atoms with Crippen LogP contribution in [-0.4, -0.2) is 37.1 Å². The van der Waals surface area contributed by atoms with Gasteiger partial charge in [0.2, 0.25) is 5.88 Å². The van der Waals surface area contributed by atoms with E-state index in [9.17, 15) is 0 Å². The lowest BCUT2D eigenvalue weighted by Gasteiger charge is -2.13. The van der Waals surface area contributed by atoms with Crippen LogP contribution in [0.1, 0.15) is 30.9 Å². The Morgan fingerprint density at radius 2 is 2.06 bits per heavy atom. The molecule has 0 radical (unpaired) electrons. The van der Waals surface area contributed by atoms with E-state index in [2.05, 4.69) is 36.7 Å². The monoisotopic (exact) mass is 222 g/mol. The molecule has 1 heterocycles. The molecule has 0 N–H and O–H groups in total. The fourth-order valence-corrected chi connectivity index (χ4v) is 1.55. The summed E-state index contributed by atoms with van der Waals surface area (Å²) in [5, 5.41) is 0. The molecular formula is C13H22N2O. The topological polar surface area (TPSA) is 25.4 Å². The minimum Gasteiger partial charge on any atom is -0.476 e. The third-order valence-corrected chi connectivity index (χ3v) is 2.53. The number of ether oxygens (including phenoxy) is 1. The first-order valence-corrected chi connectivity index (χ1v) is 5.74. The molecule has 16 heavy (non-hydrogen) atoms. The lowest BCUT2D eigenvalue weighted by Crippen LogP contribution is -2.19. The summed E-state index contributed by atoms with van der Waals surface area (Å²) < 4.78 is 5.61. The van der Waals surface area contributed by atoms with Gasteiger partial charge in [0, 0.05) is 18.8 Å². The number of aromatic nitrogens is 1. The summed E-state index contributed by atoms with van der Waals surface area (Å²) in [4.78, 5) is 6.37. The van der Waals surface area contributed by atoms with E-state index in [0.29, 0.717) is 12.5 Å². The Kier molecular flexibility index (Phi) is 4.74. The van der Waals surface area contributed by atoms with Crippen LogP contribution < -0.4 is 4.74 Å². The zero-order valence-electron chi connectivity index (χ0n) is 10.9. The van der Waals surface area contributed by atoms with Gasteiger partial charge in [-0.25, -0.2) is 4.98 Å². The van der Waals surface area contributed by atoms with Crippen molar-refractivity contribution in [3.63, 3.8) is 0 Å². The first-order valence-electron chi connectivity index (χ1n) is 5.74. The van der Waals surface area contributed by atoms with Crippen LogP contribution in [0.3, 0.4) is 0 Å². The molecule has 0 saturated heterocycles. The van der Waals surface area contributed by atoms with E-state index in [1.165, 1.54) is 11.1 Å². The van der Waals surface area contributed by atoms with E-state index in [-0.39, 0.29) is 0 Å². The maximum absolute atomic E-state index is 5.61. The Bertz CT molecular complexity index is 335. The van der Waals surface area contributed by atoms with Gasteiger partial charge in [0.15, 0.2) is 0 Å². The Hall–Kier alpha value is -1.09. The van der Waals surface area contributed by atoms with Gasteiger partial charge in [0.1, 0.15) is 6.61 Å². The molecule has 0 unspecified atom stereocenters. The molecule has 0 amide bonds. The molecule has 3 heteroatoms. The molecule has 1 aromatic rings. The van der Waals surface area contributed by atoms with Crippen LogP contribution in [0.15, 0.2) is 12.3 Å². The van der Waals surface area contributed by atoms with Crippen molar-refractivity contribution in [1.29, 1.82) is 0 Å². The van der Waals surface area contributed by atoms with E-state index in [0.717, 1.165) is 12.4 Å². The quantitative estimate of drug-likeness (QED) is 0.765. The van der Waals surface area contributed by atoms with Gasteiger partial charge in [-0.05, 0) is 38.1 Å². The highest BCUT2D eigenvalue weighted by atomic mass is 16.5. The molecule has 0 spiro atoms. The van der Waals surface area contributed by atoms with E-state index in [4.69, 9.17) is 4.74 Å². The number of likely N-dealkylation sites (N-methyl/N-ethyl adjacent to an activating group) is 1. The average molecular weight is 222 g/mol. The smallest absolute Gasteiger partial charge is 0.213 e. The SMILES string of the molecule is Cc1cnc(OCCN(C)C)cc1C(C)C. The summed E-state index contributed by atoms with van der Waals surface area (Å²) >= 11 is 0. The molecular weight excluding hydrogens is 200 g/mol. The van der Waals surface area contributed by atoms with Crippen LogP contribution in [0.5, 0.6) is 5.88 Å². The second kappa shape index (κ2) is 5.85. The molecule has 0 aliphatic heterocycles. The molecule has 0 saturated carbocycles. The lowest BCUT2D eigenvalue weighted by atomic mass is 10.0. The van der Waals surface area contributed by atoms with Crippen LogP contribution in [0, 0.1) is 6.92 Å². The minimum atomic E-state index is 0.513. The summed E-state index contributed by atoms with van der Waals surface area (Å²) in [6.07, 6.45) is 1.89. The van der Waals surface area contributed by atoms with Crippen molar-refractivity contribution in [2.45, 2.75) is 26.7 Å². The van der Waals surface area contributed by atoms with Crippen molar-refractivity contribution in [2.24, 2.45) is 0 Å². The number of hydrogen-bond donors (Lipinski definition) is 0. The van der Waals surface area contributed by atoms with Crippen LogP contribution in [0.4, 0.5) is 0 Å². The highest BCUT2D eigenvalue weighted by Crippen LogP contribution is 2.21. The van der Waals surface area contributed by atoms with Crippen molar-refractivity contribution in [1.82, 2.24) is 9.88 Å². The molecule has 0 aliphatic carbocycles. The Morgan fingerprint density at radius 1 is 1.38 bits per heavy atom. The number of aryl methyl sites for hydroxylation is 1. The zero-order valence-corrected chi connectivity index (χ0v) is 10.9. The third-order valence-electron chi connectivity index (χ3n) is 2.53. The third kappa shape index (κ3) is 3.81. The zero-order chi connectivity index (χ0) is 12.1. The molecule has 0 aliphatic rings. The molecule has 0 fully saturated rings. The van der Waals surface area contributed by atoms with Crippen LogP contribution >= 0.6 is 0 Å². The number of hydrogen-bond acceptors (Lipinski definition) is 3. The lowest BCUT2D eigenvalue weighted by molar-refractivity contribution is 0.253. The van der Waals surface area contributed by atoms with Gasteiger partial charge >= 0.3 is 0 Å². The number of rotatable bonds is 5. The Morgan fingerprint density at radius 3 is 2.62 bits per heavy atom. The first kappa shape index (κ1) is 13.0. The van der Waals surface area contributed by atoms with Gasteiger partial charge in [-0.3, -0.25) is 0 Å². The van der Waals surface area contributed by atoms with Gasteiger partial charge in [-0.1, -0.05) is 13.8 Å². The normalized spacial score (nSPS) is 11.2. The van der Waals surface area contributed by atoms with E-state index < -0.39 is 0 Å². The summed E-state index contributed by atoms with van der Waals surface area (Å²) in [6, 6.07) is 2.05. The van der Waals surface area contributed by atoms with Crippen LogP contribution in [0.25, 0.3) is 0 Å². The Labute approximate surface area is 98.4 Å². The van der Waals surface area contributed by atoms with Gasteiger partial charge in [0.05, 0.1) is 0 Å². The molecule has 0 bridgehead atoms.